The Morgan fingerprint density at radius 3 is 2.89 bits per heavy atom. The summed E-state index contributed by atoms with van der Waals surface area (Å²) in [7, 11) is 1.26. The second-order valence-corrected chi connectivity index (χ2v) is 4.11. The van der Waals surface area contributed by atoms with Crippen LogP contribution in [-0.4, -0.2) is 37.9 Å². The van der Waals surface area contributed by atoms with Crippen molar-refractivity contribution >= 4 is 23.9 Å². The molecule has 0 radical (unpaired) electrons. The zero-order valence-corrected chi connectivity index (χ0v) is 10.6. The summed E-state index contributed by atoms with van der Waals surface area (Å²) in [5.41, 5.74) is 0.900. The Kier molecular flexibility index (Phi) is 3.50. The summed E-state index contributed by atoms with van der Waals surface area (Å²) in [5, 5.41) is 0. The van der Waals surface area contributed by atoms with Crippen LogP contribution < -0.4 is 9.64 Å². The first kappa shape index (κ1) is 13.1. The first-order chi connectivity index (χ1) is 9.06. The zero-order chi connectivity index (χ0) is 14.0. The van der Waals surface area contributed by atoms with E-state index >= 15 is 0 Å². The number of carbonyl (C=O) groups is 3. The van der Waals surface area contributed by atoms with Gasteiger partial charge in [0.25, 0.3) is 5.91 Å². The molecule has 1 amide bonds. The number of hydrogen-bond acceptors (Lipinski definition) is 5. The second-order valence-electron chi connectivity index (χ2n) is 4.11. The molecule has 6 heteroatoms. The number of methoxy groups -OCH3 is 1. The number of amides is 1. The molecule has 0 saturated carbocycles. The molecule has 1 aliphatic heterocycles. The minimum Gasteiger partial charge on any atom is -0.479 e. The van der Waals surface area contributed by atoms with Crippen molar-refractivity contribution in [1.82, 2.24) is 0 Å². The smallest absolute Gasteiger partial charge is 0.325 e. The summed E-state index contributed by atoms with van der Waals surface area (Å²) in [4.78, 5) is 35.4. The average Bonchev–Trinajstić information content (AvgIpc) is 2.42. The van der Waals surface area contributed by atoms with Crippen LogP contribution in [0, 0.1) is 0 Å². The lowest BCUT2D eigenvalue weighted by molar-refractivity contribution is -0.140. The van der Waals surface area contributed by atoms with Gasteiger partial charge in [0, 0.05) is 5.56 Å². The Hall–Kier alpha value is -2.37. The van der Waals surface area contributed by atoms with Gasteiger partial charge >= 0.3 is 5.97 Å². The first-order valence-electron chi connectivity index (χ1n) is 5.71. The highest BCUT2D eigenvalue weighted by atomic mass is 16.5. The van der Waals surface area contributed by atoms with Gasteiger partial charge in [-0.2, -0.15) is 0 Å². The lowest BCUT2D eigenvalue weighted by Gasteiger charge is -2.32. The second kappa shape index (κ2) is 5.09. The maximum absolute atomic E-state index is 12.0. The van der Waals surface area contributed by atoms with Crippen LogP contribution in [0.15, 0.2) is 18.2 Å². The van der Waals surface area contributed by atoms with Gasteiger partial charge in [-0.3, -0.25) is 19.3 Å². The average molecular weight is 263 g/mol. The highest BCUT2D eigenvalue weighted by Gasteiger charge is 2.33. The minimum absolute atomic E-state index is 0.184. The number of fused-ring (bicyclic) bond motifs is 1. The van der Waals surface area contributed by atoms with Crippen LogP contribution in [0.25, 0.3) is 0 Å². The van der Waals surface area contributed by atoms with E-state index in [0.717, 1.165) is 0 Å². The number of anilines is 1. The fourth-order valence-corrected chi connectivity index (χ4v) is 1.86. The Morgan fingerprint density at radius 2 is 2.26 bits per heavy atom. The van der Waals surface area contributed by atoms with Crippen LogP contribution in [0.3, 0.4) is 0 Å². The van der Waals surface area contributed by atoms with E-state index in [2.05, 4.69) is 4.74 Å². The molecule has 0 spiro atoms. The van der Waals surface area contributed by atoms with Crippen LogP contribution in [0.2, 0.25) is 0 Å². The lowest BCUT2D eigenvalue weighted by Crippen LogP contribution is -2.46. The molecule has 1 aromatic carbocycles. The molecule has 0 fully saturated rings. The molecule has 0 N–H and O–H groups in total. The van der Waals surface area contributed by atoms with Crippen LogP contribution in [0.4, 0.5) is 5.69 Å². The summed E-state index contributed by atoms with van der Waals surface area (Å²) in [6.07, 6.45) is -0.0193. The summed E-state index contributed by atoms with van der Waals surface area (Å²) < 4.78 is 10.00. The number of ether oxygens (including phenoxy) is 2. The van der Waals surface area contributed by atoms with Gasteiger partial charge in [-0.15, -0.1) is 0 Å². The predicted octanol–water partition coefficient (Wildman–Crippen LogP) is 0.786. The van der Waals surface area contributed by atoms with E-state index in [4.69, 9.17) is 4.74 Å². The maximum atomic E-state index is 12.0. The Balaban J connectivity index is 2.41. The van der Waals surface area contributed by atoms with Crippen molar-refractivity contribution in [3.63, 3.8) is 0 Å². The van der Waals surface area contributed by atoms with Gasteiger partial charge < -0.3 is 9.47 Å². The number of esters is 1. The predicted molar refractivity (Wildman–Crippen MR) is 66.3 cm³/mol. The molecular formula is C13H13NO5. The maximum Gasteiger partial charge on any atom is 0.325 e. The third-order valence-electron chi connectivity index (χ3n) is 2.84. The van der Waals surface area contributed by atoms with Gasteiger partial charge in [-0.25, -0.2) is 0 Å². The molecule has 2 rings (SSSR count). The van der Waals surface area contributed by atoms with Crippen LogP contribution in [0.1, 0.15) is 17.3 Å². The molecule has 19 heavy (non-hydrogen) atoms. The fourth-order valence-electron chi connectivity index (χ4n) is 1.86. The Morgan fingerprint density at radius 1 is 1.53 bits per heavy atom. The van der Waals surface area contributed by atoms with Crippen molar-refractivity contribution in [3.8, 4) is 5.75 Å². The minimum atomic E-state index is -0.709. The van der Waals surface area contributed by atoms with E-state index in [1.165, 1.54) is 18.1 Å². The van der Waals surface area contributed by atoms with Gasteiger partial charge in [0.1, 0.15) is 18.6 Å². The summed E-state index contributed by atoms with van der Waals surface area (Å²) >= 11 is 0. The molecule has 1 unspecified atom stereocenters. The Bertz CT molecular complexity index is 540. The Labute approximate surface area is 109 Å². The molecule has 6 nitrogen and oxygen atoms in total. The normalized spacial score (nSPS) is 17.5. The van der Waals surface area contributed by atoms with E-state index in [9.17, 15) is 14.4 Å². The molecule has 0 bridgehead atoms. The van der Waals surface area contributed by atoms with Crippen molar-refractivity contribution in [2.45, 2.75) is 13.0 Å². The molecule has 0 aliphatic carbocycles. The monoisotopic (exact) mass is 263 g/mol. The standard InChI is InChI=1S/C13H13NO5/c1-8-13(17)14(6-12(16)18-2)10-4-3-9(7-15)5-11(10)19-8/h3-5,7-8H,6H2,1-2H3. The summed E-state index contributed by atoms with van der Waals surface area (Å²) in [6, 6.07) is 4.67. The van der Waals surface area contributed by atoms with Crippen LogP contribution in [-0.2, 0) is 14.3 Å². The molecule has 1 atom stereocenters. The molecule has 100 valence electrons. The van der Waals surface area contributed by atoms with E-state index in [1.54, 1.807) is 19.1 Å². The number of hydrogen-bond donors (Lipinski definition) is 0. The van der Waals surface area contributed by atoms with Gasteiger partial charge in [-0.1, -0.05) is 0 Å². The van der Waals surface area contributed by atoms with Crippen LogP contribution >= 0.6 is 0 Å². The zero-order valence-electron chi connectivity index (χ0n) is 10.6. The van der Waals surface area contributed by atoms with Gasteiger partial charge in [0.05, 0.1) is 12.8 Å². The van der Waals surface area contributed by atoms with Crippen molar-refractivity contribution in [2.75, 3.05) is 18.6 Å². The number of aldehydes is 1. The van der Waals surface area contributed by atoms with Crippen molar-refractivity contribution < 1.29 is 23.9 Å². The first-order valence-corrected chi connectivity index (χ1v) is 5.71. The van der Waals surface area contributed by atoms with E-state index in [0.29, 0.717) is 23.3 Å². The highest BCUT2D eigenvalue weighted by Crippen LogP contribution is 2.34. The quantitative estimate of drug-likeness (QED) is 0.595. The fraction of sp³-hybridized carbons (Fsp3) is 0.308. The van der Waals surface area contributed by atoms with Crippen molar-refractivity contribution in [1.29, 1.82) is 0 Å². The number of benzene rings is 1. The summed E-state index contributed by atoms with van der Waals surface area (Å²) in [6.45, 7) is 1.40. The largest absolute Gasteiger partial charge is 0.479 e. The van der Waals surface area contributed by atoms with E-state index in [-0.39, 0.29) is 12.5 Å². The third kappa shape index (κ3) is 2.42. The lowest BCUT2D eigenvalue weighted by atomic mass is 10.1. The van der Waals surface area contributed by atoms with Gasteiger partial charge in [-0.05, 0) is 25.1 Å². The number of carbonyl (C=O) groups excluding carboxylic acids is 3. The third-order valence-corrected chi connectivity index (χ3v) is 2.84. The van der Waals surface area contributed by atoms with Crippen molar-refractivity contribution in [2.24, 2.45) is 0 Å². The number of rotatable bonds is 3. The molecule has 0 aromatic heterocycles. The van der Waals surface area contributed by atoms with E-state index in [1.807, 2.05) is 0 Å². The molecule has 0 saturated heterocycles. The van der Waals surface area contributed by atoms with Gasteiger partial charge in [0.2, 0.25) is 0 Å². The summed E-state index contributed by atoms with van der Waals surface area (Å²) in [5.74, 6) is -0.440. The van der Waals surface area contributed by atoms with Crippen LogP contribution in [0.5, 0.6) is 5.75 Å². The highest BCUT2D eigenvalue weighted by molar-refractivity contribution is 6.03. The molecular weight excluding hydrogens is 250 g/mol. The topological polar surface area (TPSA) is 72.9 Å². The van der Waals surface area contributed by atoms with Crippen molar-refractivity contribution in [3.05, 3.63) is 23.8 Å². The molecule has 1 aromatic rings. The molecule has 1 aliphatic rings. The number of nitrogens with zero attached hydrogens (tertiary/aromatic N) is 1. The SMILES string of the molecule is COC(=O)CN1C(=O)C(C)Oc2cc(C=O)ccc21. The van der Waals surface area contributed by atoms with E-state index < -0.39 is 12.1 Å². The molecule has 1 heterocycles. The van der Waals surface area contributed by atoms with Gasteiger partial charge in [0.15, 0.2) is 6.10 Å².